The normalized spacial score (nSPS) is 10.5. The summed E-state index contributed by atoms with van der Waals surface area (Å²) in [7, 11) is 1.79. The van der Waals surface area contributed by atoms with Crippen LogP contribution >= 0.6 is 31.9 Å². The van der Waals surface area contributed by atoms with Crippen LogP contribution in [-0.4, -0.2) is 15.7 Å². The van der Waals surface area contributed by atoms with Crippen molar-refractivity contribution in [3.8, 4) is 0 Å². The molecule has 19 heavy (non-hydrogen) atoms. The summed E-state index contributed by atoms with van der Waals surface area (Å²) >= 11 is 6.75. The molecule has 7 heteroatoms. The smallest absolute Gasteiger partial charge is 0.259 e. The Morgan fingerprint density at radius 1 is 1.37 bits per heavy atom. The first kappa shape index (κ1) is 14.1. The summed E-state index contributed by atoms with van der Waals surface area (Å²) in [6.45, 7) is 1.84. The summed E-state index contributed by atoms with van der Waals surface area (Å²) in [4.78, 5) is 12.2. The number of aromatic nitrogens is 2. The van der Waals surface area contributed by atoms with Crippen molar-refractivity contribution in [1.29, 1.82) is 0 Å². The van der Waals surface area contributed by atoms with E-state index in [1.165, 1.54) is 0 Å². The SMILES string of the molecule is Cc1c(C(=O)Nc2c(Br)cc(N)cc2Br)cnn1C. The van der Waals surface area contributed by atoms with Crippen molar-refractivity contribution >= 4 is 49.1 Å². The van der Waals surface area contributed by atoms with Crippen molar-refractivity contribution in [2.75, 3.05) is 11.1 Å². The molecule has 0 aliphatic rings. The number of carbonyl (C=O) groups excluding carboxylic acids is 1. The summed E-state index contributed by atoms with van der Waals surface area (Å²) in [6, 6.07) is 3.47. The minimum absolute atomic E-state index is 0.211. The summed E-state index contributed by atoms with van der Waals surface area (Å²) in [5.41, 5.74) is 8.30. The van der Waals surface area contributed by atoms with Crippen LogP contribution in [0, 0.1) is 6.92 Å². The van der Waals surface area contributed by atoms with E-state index in [2.05, 4.69) is 42.3 Å². The Labute approximate surface area is 127 Å². The molecule has 0 unspecified atom stereocenters. The zero-order chi connectivity index (χ0) is 14.2. The van der Waals surface area contributed by atoms with E-state index in [4.69, 9.17) is 5.73 Å². The van der Waals surface area contributed by atoms with Crippen LogP contribution in [0.1, 0.15) is 16.1 Å². The first-order chi connectivity index (χ1) is 8.90. The Morgan fingerprint density at radius 2 is 1.95 bits per heavy atom. The van der Waals surface area contributed by atoms with Crippen LogP contribution < -0.4 is 11.1 Å². The molecular weight excluding hydrogens is 376 g/mol. The second-order valence-electron chi connectivity index (χ2n) is 4.08. The molecule has 100 valence electrons. The van der Waals surface area contributed by atoms with Crippen molar-refractivity contribution < 1.29 is 4.79 Å². The van der Waals surface area contributed by atoms with Gasteiger partial charge in [-0.15, -0.1) is 0 Å². The van der Waals surface area contributed by atoms with Gasteiger partial charge < -0.3 is 11.1 Å². The number of nitrogens with two attached hydrogens (primary N) is 1. The number of nitrogens with zero attached hydrogens (tertiary/aromatic N) is 2. The molecule has 0 fully saturated rings. The zero-order valence-corrected chi connectivity index (χ0v) is 13.5. The van der Waals surface area contributed by atoms with E-state index in [-0.39, 0.29) is 5.91 Å². The lowest BCUT2D eigenvalue weighted by Crippen LogP contribution is -2.14. The predicted molar refractivity (Wildman–Crippen MR) is 82.2 cm³/mol. The van der Waals surface area contributed by atoms with Gasteiger partial charge in [-0.2, -0.15) is 5.10 Å². The summed E-state index contributed by atoms with van der Waals surface area (Å²) in [5.74, 6) is -0.211. The maximum atomic E-state index is 12.2. The zero-order valence-electron chi connectivity index (χ0n) is 10.4. The van der Waals surface area contributed by atoms with E-state index >= 15 is 0 Å². The Bertz CT molecular complexity index is 628. The number of amides is 1. The maximum absolute atomic E-state index is 12.2. The average Bonchev–Trinajstić information content (AvgIpc) is 2.64. The maximum Gasteiger partial charge on any atom is 0.259 e. The number of nitrogen functional groups attached to an aromatic ring is 1. The highest BCUT2D eigenvalue weighted by atomic mass is 79.9. The topological polar surface area (TPSA) is 72.9 Å². The summed E-state index contributed by atoms with van der Waals surface area (Å²) < 4.78 is 3.09. The van der Waals surface area contributed by atoms with Gasteiger partial charge >= 0.3 is 0 Å². The highest BCUT2D eigenvalue weighted by molar-refractivity contribution is 9.11. The minimum Gasteiger partial charge on any atom is -0.399 e. The van der Waals surface area contributed by atoms with E-state index in [1.54, 1.807) is 30.1 Å². The number of hydrogen-bond acceptors (Lipinski definition) is 3. The van der Waals surface area contributed by atoms with Crippen LogP contribution in [0.3, 0.4) is 0 Å². The fourth-order valence-electron chi connectivity index (χ4n) is 1.61. The van der Waals surface area contributed by atoms with E-state index in [0.717, 1.165) is 5.69 Å². The monoisotopic (exact) mass is 386 g/mol. The molecular formula is C12H12Br2N4O. The Morgan fingerprint density at radius 3 is 2.42 bits per heavy atom. The van der Waals surface area contributed by atoms with Gasteiger partial charge in [0.2, 0.25) is 0 Å². The molecule has 2 rings (SSSR count). The van der Waals surface area contributed by atoms with E-state index in [9.17, 15) is 4.79 Å². The van der Waals surface area contributed by atoms with Gasteiger partial charge in [-0.25, -0.2) is 0 Å². The van der Waals surface area contributed by atoms with E-state index in [0.29, 0.717) is 25.9 Å². The van der Waals surface area contributed by atoms with Crippen LogP contribution in [0.4, 0.5) is 11.4 Å². The molecule has 3 N–H and O–H groups in total. The van der Waals surface area contributed by atoms with E-state index < -0.39 is 0 Å². The third-order valence-corrected chi connectivity index (χ3v) is 4.03. The fraction of sp³-hybridized carbons (Fsp3) is 0.167. The summed E-state index contributed by atoms with van der Waals surface area (Å²) in [6.07, 6.45) is 1.55. The Balaban J connectivity index is 2.32. The quantitative estimate of drug-likeness (QED) is 0.777. The van der Waals surface area contributed by atoms with E-state index in [1.807, 2.05) is 6.92 Å². The lowest BCUT2D eigenvalue weighted by Gasteiger charge is -2.10. The molecule has 0 saturated carbocycles. The molecule has 0 radical (unpaired) electrons. The molecule has 0 saturated heterocycles. The molecule has 1 aromatic heterocycles. The highest BCUT2D eigenvalue weighted by Crippen LogP contribution is 2.33. The lowest BCUT2D eigenvalue weighted by atomic mass is 10.2. The first-order valence-corrected chi connectivity index (χ1v) is 7.03. The van der Waals surface area contributed by atoms with Crippen LogP contribution in [0.15, 0.2) is 27.3 Å². The lowest BCUT2D eigenvalue weighted by molar-refractivity contribution is 0.102. The minimum atomic E-state index is -0.211. The Kier molecular flexibility index (Phi) is 3.96. The molecule has 0 aliphatic heterocycles. The molecule has 1 amide bonds. The number of halogens is 2. The van der Waals surface area contributed by atoms with Gasteiger partial charge in [0, 0.05) is 27.4 Å². The van der Waals surface area contributed by atoms with Crippen molar-refractivity contribution in [1.82, 2.24) is 9.78 Å². The number of benzene rings is 1. The number of hydrogen-bond donors (Lipinski definition) is 2. The first-order valence-electron chi connectivity index (χ1n) is 5.44. The molecule has 0 atom stereocenters. The van der Waals surface area contributed by atoms with Crippen molar-refractivity contribution in [2.45, 2.75) is 6.92 Å². The van der Waals surface area contributed by atoms with Gasteiger partial charge in [0.15, 0.2) is 0 Å². The summed E-state index contributed by atoms with van der Waals surface area (Å²) in [5, 5.41) is 6.88. The molecule has 1 heterocycles. The van der Waals surface area contributed by atoms with Crippen molar-refractivity contribution in [3.63, 3.8) is 0 Å². The van der Waals surface area contributed by atoms with Gasteiger partial charge in [0.05, 0.1) is 17.4 Å². The Hall–Kier alpha value is -1.34. The predicted octanol–water partition coefficient (Wildman–Crippen LogP) is 3.09. The van der Waals surface area contributed by atoms with Crippen molar-refractivity contribution in [3.05, 3.63) is 38.5 Å². The third-order valence-electron chi connectivity index (χ3n) is 2.78. The second kappa shape index (κ2) is 5.34. The van der Waals surface area contributed by atoms with Gasteiger partial charge in [-0.1, -0.05) is 0 Å². The number of aryl methyl sites for hydroxylation is 1. The van der Waals surface area contributed by atoms with Crippen LogP contribution in [0.2, 0.25) is 0 Å². The largest absolute Gasteiger partial charge is 0.399 e. The van der Waals surface area contributed by atoms with Gasteiger partial charge in [-0.05, 0) is 50.9 Å². The molecule has 0 bridgehead atoms. The van der Waals surface area contributed by atoms with Crippen LogP contribution in [0.25, 0.3) is 0 Å². The third kappa shape index (κ3) is 2.82. The van der Waals surface area contributed by atoms with Crippen LogP contribution in [-0.2, 0) is 7.05 Å². The molecule has 1 aromatic carbocycles. The molecule has 5 nitrogen and oxygen atoms in total. The number of anilines is 2. The second-order valence-corrected chi connectivity index (χ2v) is 5.79. The number of carbonyl (C=O) groups is 1. The average molecular weight is 388 g/mol. The van der Waals surface area contributed by atoms with Crippen LogP contribution in [0.5, 0.6) is 0 Å². The van der Waals surface area contributed by atoms with Crippen molar-refractivity contribution in [2.24, 2.45) is 7.05 Å². The van der Waals surface area contributed by atoms with Gasteiger partial charge in [-0.3, -0.25) is 9.48 Å². The fourth-order valence-corrected chi connectivity index (χ4v) is 3.03. The standard InChI is InChI=1S/C12H12Br2N4O/c1-6-8(5-16-18(6)2)12(19)17-11-9(13)3-7(15)4-10(11)14/h3-5H,15H2,1-2H3,(H,17,19). The molecule has 2 aromatic rings. The highest BCUT2D eigenvalue weighted by Gasteiger charge is 2.16. The molecule has 0 aliphatic carbocycles. The molecule has 0 spiro atoms. The number of nitrogens with one attached hydrogen (secondary N) is 1. The van der Waals surface area contributed by atoms with Gasteiger partial charge in [0.1, 0.15) is 0 Å². The van der Waals surface area contributed by atoms with Gasteiger partial charge in [0.25, 0.3) is 5.91 Å². The number of rotatable bonds is 2.